The van der Waals surface area contributed by atoms with Crippen LogP contribution in [-0.2, 0) is 0 Å². The lowest BCUT2D eigenvalue weighted by molar-refractivity contribution is 0.0703. The van der Waals surface area contributed by atoms with E-state index in [-0.39, 0.29) is 11.8 Å². The number of nitrogens with zero attached hydrogens (tertiary/aromatic N) is 7. The van der Waals surface area contributed by atoms with Gasteiger partial charge in [-0.1, -0.05) is 0 Å². The van der Waals surface area contributed by atoms with Gasteiger partial charge in [-0.05, 0) is 38.8 Å². The summed E-state index contributed by atoms with van der Waals surface area (Å²) >= 11 is 0. The second-order valence-corrected chi connectivity index (χ2v) is 7.15. The maximum Gasteiger partial charge on any atom is 0.254 e. The predicted molar refractivity (Wildman–Crippen MR) is 99.6 cm³/mol. The largest absolute Gasteiger partial charge is 0.338 e. The number of carbonyl (C=O) groups excluding carboxylic acids is 1. The number of pyridine rings is 1. The van der Waals surface area contributed by atoms with Crippen LogP contribution in [0.25, 0.3) is 5.82 Å². The fourth-order valence-corrected chi connectivity index (χ4v) is 3.64. The number of carbonyl (C=O) groups is 1. The highest BCUT2D eigenvalue weighted by molar-refractivity contribution is 5.94. The Bertz CT molecular complexity index is 916. The van der Waals surface area contributed by atoms with Crippen molar-refractivity contribution in [3.63, 3.8) is 0 Å². The molecule has 8 heteroatoms. The molecule has 1 atom stereocenters. The van der Waals surface area contributed by atoms with E-state index in [4.69, 9.17) is 0 Å². The third kappa shape index (κ3) is 3.47. The molecule has 0 radical (unpaired) electrons. The molecule has 1 aliphatic rings. The zero-order valence-corrected chi connectivity index (χ0v) is 15.6. The van der Waals surface area contributed by atoms with Gasteiger partial charge in [-0.15, -0.1) is 10.2 Å². The molecule has 0 spiro atoms. The molecule has 0 bridgehead atoms. The summed E-state index contributed by atoms with van der Waals surface area (Å²) in [6, 6.07) is 3.90. The first-order valence-corrected chi connectivity index (χ1v) is 9.26. The lowest BCUT2D eigenvalue weighted by Crippen LogP contribution is -2.39. The van der Waals surface area contributed by atoms with Gasteiger partial charge in [0.1, 0.15) is 24.3 Å². The number of hydrogen-bond donors (Lipinski definition) is 0. The Morgan fingerprint density at radius 3 is 2.78 bits per heavy atom. The minimum Gasteiger partial charge on any atom is -0.338 e. The van der Waals surface area contributed by atoms with Crippen LogP contribution in [0.4, 0.5) is 0 Å². The number of rotatable bonds is 4. The molecule has 0 unspecified atom stereocenters. The number of piperidine rings is 1. The van der Waals surface area contributed by atoms with Crippen molar-refractivity contribution in [1.82, 2.24) is 34.2 Å². The first kappa shape index (κ1) is 17.4. The molecule has 4 rings (SSSR count). The molecule has 0 aromatic carbocycles. The van der Waals surface area contributed by atoms with Gasteiger partial charge in [0.2, 0.25) is 0 Å². The topological polar surface area (TPSA) is 81.7 Å². The molecule has 3 aromatic rings. The third-order valence-electron chi connectivity index (χ3n) is 5.00. The molecule has 3 aromatic heterocycles. The van der Waals surface area contributed by atoms with Gasteiger partial charge in [0, 0.05) is 49.2 Å². The van der Waals surface area contributed by atoms with Gasteiger partial charge >= 0.3 is 0 Å². The van der Waals surface area contributed by atoms with Crippen LogP contribution in [0.15, 0.2) is 43.4 Å². The van der Waals surface area contributed by atoms with Crippen molar-refractivity contribution in [2.45, 2.75) is 38.6 Å². The zero-order valence-electron chi connectivity index (χ0n) is 15.6. The third-order valence-corrected chi connectivity index (χ3v) is 5.00. The molecule has 0 N–H and O–H groups in total. The highest BCUT2D eigenvalue weighted by atomic mass is 16.2. The maximum absolute atomic E-state index is 13.1. The van der Waals surface area contributed by atoms with Crippen LogP contribution in [0.3, 0.4) is 0 Å². The van der Waals surface area contributed by atoms with E-state index in [2.05, 4.69) is 38.6 Å². The Balaban J connectivity index is 1.54. The minimum absolute atomic E-state index is 0.0269. The van der Waals surface area contributed by atoms with Crippen molar-refractivity contribution in [2.24, 2.45) is 0 Å². The summed E-state index contributed by atoms with van der Waals surface area (Å²) in [5.74, 6) is 2.00. The molecule has 1 fully saturated rings. The van der Waals surface area contributed by atoms with Crippen molar-refractivity contribution < 1.29 is 4.79 Å². The maximum atomic E-state index is 13.1. The van der Waals surface area contributed by atoms with E-state index in [0.29, 0.717) is 24.0 Å². The van der Waals surface area contributed by atoms with Gasteiger partial charge in [0.15, 0.2) is 0 Å². The molecule has 27 heavy (non-hydrogen) atoms. The second kappa shape index (κ2) is 7.30. The van der Waals surface area contributed by atoms with Crippen LogP contribution in [-0.4, -0.2) is 53.2 Å². The van der Waals surface area contributed by atoms with E-state index >= 15 is 0 Å². The summed E-state index contributed by atoms with van der Waals surface area (Å²) in [7, 11) is 0. The van der Waals surface area contributed by atoms with E-state index in [1.54, 1.807) is 35.6 Å². The average Bonchev–Trinajstić information content (AvgIpc) is 3.39. The molecular weight excluding hydrogens is 342 g/mol. The first-order valence-electron chi connectivity index (χ1n) is 9.26. The van der Waals surface area contributed by atoms with Crippen LogP contribution < -0.4 is 0 Å². The highest BCUT2D eigenvalue weighted by Gasteiger charge is 2.28. The van der Waals surface area contributed by atoms with Gasteiger partial charge < -0.3 is 9.47 Å². The molecular formula is C19H23N7O. The van der Waals surface area contributed by atoms with E-state index in [0.717, 1.165) is 25.2 Å². The minimum atomic E-state index is 0.0269. The number of imidazole rings is 1. The SMILES string of the molecule is CC(C)n1ccnc1[C@@H]1CCCN(C(=O)c2ccnc(-n3cnnc3)c2)C1. The Morgan fingerprint density at radius 2 is 2.00 bits per heavy atom. The summed E-state index contributed by atoms with van der Waals surface area (Å²) < 4.78 is 3.89. The zero-order chi connectivity index (χ0) is 18.8. The Labute approximate surface area is 157 Å². The second-order valence-electron chi connectivity index (χ2n) is 7.15. The first-order chi connectivity index (χ1) is 13.1. The summed E-state index contributed by atoms with van der Waals surface area (Å²) in [6.45, 7) is 5.76. The average molecular weight is 365 g/mol. The fourth-order valence-electron chi connectivity index (χ4n) is 3.64. The van der Waals surface area contributed by atoms with E-state index < -0.39 is 0 Å². The number of amides is 1. The van der Waals surface area contributed by atoms with E-state index in [1.165, 1.54) is 0 Å². The van der Waals surface area contributed by atoms with Crippen molar-refractivity contribution in [3.8, 4) is 5.82 Å². The number of hydrogen-bond acceptors (Lipinski definition) is 5. The van der Waals surface area contributed by atoms with Crippen molar-refractivity contribution in [3.05, 3.63) is 54.8 Å². The Kier molecular flexibility index (Phi) is 4.70. The normalized spacial score (nSPS) is 17.4. The Hall–Kier alpha value is -3.03. The molecule has 0 aliphatic carbocycles. The van der Waals surface area contributed by atoms with Gasteiger partial charge in [0.25, 0.3) is 5.91 Å². The molecule has 4 heterocycles. The highest BCUT2D eigenvalue weighted by Crippen LogP contribution is 2.28. The quantitative estimate of drug-likeness (QED) is 0.709. The van der Waals surface area contributed by atoms with Crippen LogP contribution in [0.2, 0.25) is 0 Å². The molecule has 1 aliphatic heterocycles. The van der Waals surface area contributed by atoms with Crippen molar-refractivity contribution in [2.75, 3.05) is 13.1 Å². The van der Waals surface area contributed by atoms with Crippen LogP contribution in [0.1, 0.15) is 54.8 Å². The molecule has 0 saturated carbocycles. The lowest BCUT2D eigenvalue weighted by atomic mass is 9.96. The molecule has 1 amide bonds. The van der Waals surface area contributed by atoms with Crippen molar-refractivity contribution >= 4 is 5.91 Å². The predicted octanol–water partition coefficient (Wildman–Crippen LogP) is 2.46. The molecule has 8 nitrogen and oxygen atoms in total. The molecule has 1 saturated heterocycles. The van der Waals surface area contributed by atoms with Gasteiger partial charge in [0.05, 0.1) is 0 Å². The van der Waals surface area contributed by atoms with Gasteiger partial charge in [-0.2, -0.15) is 0 Å². The lowest BCUT2D eigenvalue weighted by Gasteiger charge is -2.33. The summed E-state index contributed by atoms with van der Waals surface area (Å²) in [5, 5.41) is 7.58. The smallest absolute Gasteiger partial charge is 0.254 e. The van der Waals surface area contributed by atoms with Crippen LogP contribution in [0, 0.1) is 0 Å². The van der Waals surface area contributed by atoms with Crippen LogP contribution >= 0.6 is 0 Å². The summed E-state index contributed by atoms with van der Waals surface area (Å²) in [6.07, 6.45) is 10.7. The standard InChI is InChI=1S/C19H23N7O/c1-14(2)26-9-7-21-18(26)16-4-3-8-24(11-16)19(27)15-5-6-20-17(10-15)25-12-22-23-13-25/h5-7,9-10,12-14,16H,3-4,8,11H2,1-2H3/t16-/m1/s1. The number of aromatic nitrogens is 6. The van der Waals surface area contributed by atoms with Crippen molar-refractivity contribution in [1.29, 1.82) is 0 Å². The molecule has 140 valence electrons. The summed E-state index contributed by atoms with van der Waals surface area (Å²) in [4.78, 5) is 23.9. The fraction of sp³-hybridized carbons (Fsp3) is 0.421. The van der Waals surface area contributed by atoms with E-state index in [1.807, 2.05) is 17.3 Å². The Morgan fingerprint density at radius 1 is 1.19 bits per heavy atom. The summed E-state index contributed by atoms with van der Waals surface area (Å²) in [5.41, 5.74) is 0.626. The number of likely N-dealkylation sites (tertiary alicyclic amines) is 1. The van der Waals surface area contributed by atoms with Gasteiger partial charge in [-0.25, -0.2) is 9.97 Å². The monoisotopic (exact) mass is 365 g/mol. The van der Waals surface area contributed by atoms with Gasteiger partial charge in [-0.3, -0.25) is 9.36 Å². The van der Waals surface area contributed by atoms with E-state index in [9.17, 15) is 4.79 Å². The van der Waals surface area contributed by atoms with Crippen LogP contribution in [0.5, 0.6) is 0 Å².